The Labute approximate surface area is 111 Å². The van der Waals surface area contributed by atoms with Gasteiger partial charge in [0.15, 0.2) is 0 Å². The van der Waals surface area contributed by atoms with Crippen LogP contribution in [0.15, 0.2) is 30.3 Å². The second-order valence-corrected chi connectivity index (χ2v) is 4.12. The van der Waals surface area contributed by atoms with Gasteiger partial charge in [-0.1, -0.05) is 18.2 Å². The van der Waals surface area contributed by atoms with Crippen molar-refractivity contribution in [2.75, 3.05) is 11.4 Å². The zero-order chi connectivity index (χ0) is 14.9. The number of carbonyl (C=O) groups excluding carboxylic acids is 3. The lowest BCUT2D eigenvalue weighted by Crippen LogP contribution is -2.57. The molecule has 4 amide bonds. The molecule has 0 aromatic heterocycles. The number of halogens is 3. The molecule has 106 valence electrons. The van der Waals surface area contributed by atoms with Crippen molar-refractivity contribution in [2.24, 2.45) is 0 Å². The van der Waals surface area contributed by atoms with Crippen LogP contribution in [0.5, 0.6) is 0 Å². The van der Waals surface area contributed by atoms with Crippen molar-refractivity contribution in [1.82, 2.24) is 4.90 Å². The van der Waals surface area contributed by atoms with Gasteiger partial charge in [-0.05, 0) is 12.1 Å². The normalized spacial score (nSPS) is 16.9. The molecule has 1 aromatic rings. The molecule has 0 saturated carbocycles. The van der Waals surface area contributed by atoms with Crippen molar-refractivity contribution in [2.45, 2.75) is 12.6 Å². The van der Waals surface area contributed by atoms with E-state index in [1.165, 1.54) is 24.3 Å². The van der Waals surface area contributed by atoms with Gasteiger partial charge in [-0.3, -0.25) is 14.5 Å². The highest BCUT2D eigenvalue weighted by Gasteiger charge is 2.44. The van der Waals surface area contributed by atoms with Gasteiger partial charge in [0, 0.05) is 0 Å². The number of hydrogen-bond donors (Lipinski definition) is 0. The van der Waals surface area contributed by atoms with Crippen LogP contribution >= 0.6 is 0 Å². The van der Waals surface area contributed by atoms with E-state index >= 15 is 0 Å². The number of imide groups is 2. The fourth-order valence-corrected chi connectivity index (χ4v) is 1.80. The second kappa shape index (κ2) is 4.95. The first-order valence-corrected chi connectivity index (χ1v) is 5.58. The molecule has 1 aliphatic rings. The Balaban J connectivity index is 2.32. The lowest BCUT2D eigenvalue weighted by atomic mass is 10.2. The molecule has 0 atom stereocenters. The Kier molecular flexibility index (Phi) is 3.47. The Hall–Kier alpha value is -2.38. The summed E-state index contributed by atoms with van der Waals surface area (Å²) in [6.45, 7) is -1.71. The molecule has 5 nitrogen and oxygen atoms in total. The average Bonchev–Trinajstić information content (AvgIpc) is 2.34. The van der Waals surface area contributed by atoms with E-state index < -0.39 is 37.0 Å². The first-order chi connectivity index (χ1) is 9.29. The maximum absolute atomic E-state index is 12.4. The maximum atomic E-state index is 12.4. The minimum atomic E-state index is -4.71. The van der Waals surface area contributed by atoms with Crippen LogP contribution in [0.25, 0.3) is 0 Å². The minimum Gasteiger partial charge on any atom is -0.274 e. The molecule has 1 saturated heterocycles. The Morgan fingerprint density at radius 1 is 1.00 bits per heavy atom. The van der Waals surface area contributed by atoms with Crippen LogP contribution < -0.4 is 4.90 Å². The third-order valence-corrected chi connectivity index (χ3v) is 2.63. The fourth-order valence-electron chi connectivity index (χ4n) is 1.80. The molecule has 20 heavy (non-hydrogen) atoms. The summed E-state index contributed by atoms with van der Waals surface area (Å²) in [6.07, 6.45) is -5.48. The summed E-state index contributed by atoms with van der Waals surface area (Å²) in [5.74, 6) is -1.99. The molecule has 2 rings (SSSR count). The summed E-state index contributed by atoms with van der Waals surface area (Å²) < 4.78 is 37.1. The third kappa shape index (κ3) is 2.79. The summed E-state index contributed by atoms with van der Waals surface area (Å²) in [7, 11) is 0. The van der Waals surface area contributed by atoms with Gasteiger partial charge in [0.25, 0.3) is 0 Å². The topological polar surface area (TPSA) is 57.7 Å². The van der Waals surface area contributed by atoms with E-state index in [0.29, 0.717) is 4.90 Å². The number of nitrogens with zero attached hydrogens (tertiary/aromatic N) is 2. The molecule has 0 bridgehead atoms. The molecular weight excluding hydrogens is 277 g/mol. The number of rotatable bonds is 2. The van der Waals surface area contributed by atoms with Crippen LogP contribution in [0.3, 0.4) is 0 Å². The number of para-hydroxylation sites is 1. The highest BCUT2D eigenvalue weighted by molar-refractivity contribution is 6.26. The van der Waals surface area contributed by atoms with Crippen LogP contribution in [0.2, 0.25) is 0 Å². The molecule has 0 N–H and O–H groups in total. The Morgan fingerprint density at radius 3 is 2.15 bits per heavy atom. The zero-order valence-corrected chi connectivity index (χ0v) is 10.1. The van der Waals surface area contributed by atoms with Gasteiger partial charge in [-0.25, -0.2) is 9.69 Å². The summed E-state index contributed by atoms with van der Waals surface area (Å²) in [5, 5.41) is 0. The van der Waals surface area contributed by atoms with Gasteiger partial charge >= 0.3 is 12.2 Å². The number of amides is 4. The predicted octanol–water partition coefficient (Wildman–Crippen LogP) is 1.93. The highest BCUT2D eigenvalue weighted by Crippen LogP contribution is 2.24. The first-order valence-electron chi connectivity index (χ1n) is 5.58. The van der Waals surface area contributed by atoms with E-state index in [2.05, 4.69) is 0 Å². The van der Waals surface area contributed by atoms with Gasteiger partial charge in [-0.2, -0.15) is 13.2 Å². The van der Waals surface area contributed by atoms with Gasteiger partial charge in [0.1, 0.15) is 13.0 Å². The number of urea groups is 1. The van der Waals surface area contributed by atoms with E-state index in [1.54, 1.807) is 6.07 Å². The van der Waals surface area contributed by atoms with Gasteiger partial charge < -0.3 is 0 Å². The molecule has 8 heteroatoms. The average molecular weight is 286 g/mol. The lowest BCUT2D eigenvalue weighted by Gasteiger charge is -2.32. The molecule has 1 aliphatic heterocycles. The van der Waals surface area contributed by atoms with Crippen LogP contribution in [-0.2, 0) is 9.59 Å². The number of benzene rings is 1. The maximum Gasteiger partial charge on any atom is 0.406 e. The number of alkyl halides is 3. The van der Waals surface area contributed by atoms with Crippen molar-refractivity contribution < 1.29 is 27.6 Å². The van der Waals surface area contributed by atoms with Crippen molar-refractivity contribution in [1.29, 1.82) is 0 Å². The van der Waals surface area contributed by atoms with Crippen molar-refractivity contribution in [3.05, 3.63) is 30.3 Å². The molecule has 0 radical (unpaired) electrons. The summed E-state index contributed by atoms with van der Waals surface area (Å²) in [4.78, 5) is 35.7. The minimum absolute atomic E-state index is 0.0361. The van der Waals surface area contributed by atoms with E-state index in [-0.39, 0.29) is 10.6 Å². The zero-order valence-electron chi connectivity index (χ0n) is 10.1. The van der Waals surface area contributed by atoms with Crippen LogP contribution in [0, 0.1) is 0 Å². The molecule has 1 aromatic carbocycles. The SMILES string of the molecule is O=C1CC(=O)N(c2ccccc2)C(=O)N1CC(F)(F)F. The molecular formula is C12H9F3N2O3. The van der Waals surface area contributed by atoms with Crippen LogP contribution in [0.1, 0.15) is 6.42 Å². The van der Waals surface area contributed by atoms with Gasteiger partial charge in [0.2, 0.25) is 11.8 Å². The molecule has 0 aliphatic carbocycles. The number of barbiturate groups is 1. The van der Waals surface area contributed by atoms with Crippen LogP contribution in [0.4, 0.5) is 23.7 Å². The quantitative estimate of drug-likeness (QED) is 0.781. The smallest absolute Gasteiger partial charge is 0.274 e. The Morgan fingerprint density at radius 2 is 1.60 bits per heavy atom. The highest BCUT2D eigenvalue weighted by atomic mass is 19.4. The second-order valence-electron chi connectivity index (χ2n) is 4.12. The van der Waals surface area contributed by atoms with E-state index in [9.17, 15) is 27.6 Å². The van der Waals surface area contributed by atoms with Crippen molar-refractivity contribution in [3.8, 4) is 0 Å². The summed E-state index contributed by atoms with van der Waals surface area (Å²) in [6, 6.07) is 6.20. The third-order valence-electron chi connectivity index (χ3n) is 2.63. The molecule has 0 spiro atoms. The largest absolute Gasteiger partial charge is 0.406 e. The van der Waals surface area contributed by atoms with E-state index in [4.69, 9.17) is 0 Å². The van der Waals surface area contributed by atoms with Crippen molar-refractivity contribution in [3.63, 3.8) is 0 Å². The lowest BCUT2D eigenvalue weighted by molar-refractivity contribution is -0.157. The summed E-state index contributed by atoms with van der Waals surface area (Å²) in [5.41, 5.74) is 0.127. The fraction of sp³-hybridized carbons (Fsp3) is 0.250. The number of carbonyl (C=O) groups is 3. The van der Waals surface area contributed by atoms with Gasteiger partial charge in [-0.15, -0.1) is 0 Å². The van der Waals surface area contributed by atoms with Crippen molar-refractivity contribution >= 4 is 23.5 Å². The first kappa shape index (κ1) is 14.0. The monoisotopic (exact) mass is 286 g/mol. The molecule has 1 heterocycles. The van der Waals surface area contributed by atoms with Gasteiger partial charge in [0.05, 0.1) is 5.69 Å². The predicted molar refractivity (Wildman–Crippen MR) is 61.7 cm³/mol. The summed E-state index contributed by atoms with van der Waals surface area (Å²) >= 11 is 0. The molecule has 0 unspecified atom stereocenters. The standard InChI is InChI=1S/C12H9F3N2O3/c13-12(14,15)7-16-9(18)6-10(19)17(11(16)20)8-4-2-1-3-5-8/h1-5H,6-7H2. The van der Waals surface area contributed by atoms with E-state index in [1.807, 2.05) is 0 Å². The number of hydrogen-bond acceptors (Lipinski definition) is 3. The van der Waals surface area contributed by atoms with Crippen LogP contribution in [-0.4, -0.2) is 35.5 Å². The molecule has 1 fully saturated rings. The Bertz CT molecular complexity index is 557. The van der Waals surface area contributed by atoms with E-state index in [0.717, 1.165) is 0 Å². The number of anilines is 1.